The zero-order valence-electron chi connectivity index (χ0n) is 14.7. The molecule has 0 fully saturated rings. The molecule has 3 nitrogen and oxygen atoms in total. The highest BCUT2D eigenvalue weighted by atomic mass is 19.1. The van der Waals surface area contributed by atoms with Crippen LogP contribution in [0.1, 0.15) is 31.8 Å². The highest BCUT2D eigenvalue weighted by molar-refractivity contribution is 6.06. The predicted molar refractivity (Wildman–Crippen MR) is 102 cm³/mol. The van der Waals surface area contributed by atoms with Crippen molar-refractivity contribution in [2.24, 2.45) is 0 Å². The zero-order chi connectivity index (χ0) is 19.2. The van der Waals surface area contributed by atoms with Gasteiger partial charge < -0.3 is 4.74 Å². The number of rotatable bonds is 5. The molecule has 0 N–H and O–H groups in total. The van der Waals surface area contributed by atoms with E-state index in [1.54, 1.807) is 42.5 Å². The van der Waals surface area contributed by atoms with Gasteiger partial charge in [-0.25, -0.2) is 9.18 Å². The van der Waals surface area contributed by atoms with Gasteiger partial charge in [0.2, 0.25) is 0 Å². The second kappa shape index (κ2) is 8.23. The molecule has 0 bridgehead atoms. The first kappa shape index (κ1) is 18.3. The van der Waals surface area contributed by atoms with Gasteiger partial charge in [-0.15, -0.1) is 0 Å². The van der Waals surface area contributed by atoms with E-state index in [0.29, 0.717) is 11.3 Å². The number of hydrogen-bond acceptors (Lipinski definition) is 3. The summed E-state index contributed by atoms with van der Waals surface area (Å²) >= 11 is 0. The first-order valence-electron chi connectivity index (χ1n) is 8.38. The fraction of sp³-hybridized carbons (Fsp3) is 0.0435. The van der Waals surface area contributed by atoms with Crippen molar-refractivity contribution in [2.75, 3.05) is 0 Å². The van der Waals surface area contributed by atoms with Crippen LogP contribution in [-0.4, -0.2) is 11.8 Å². The fourth-order valence-corrected chi connectivity index (χ4v) is 2.42. The number of esters is 1. The van der Waals surface area contributed by atoms with E-state index in [0.717, 1.165) is 11.1 Å². The van der Waals surface area contributed by atoms with E-state index in [1.807, 2.05) is 19.1 Å². The lowest BCUT2D eigenvalue weighted by Crippen LogP contribution is -2.08. The number of carbonyl (C=O) groups excluding carboxylic acids is 2. The van der Waals surface area contributed by atoms with Crippen LogP contribution in [0.25, 0.3) is 6.08 Å². The predicted octanol–water partition coefficient (Wildman–Crippen LogP) is 5.25. The summed E-state index contributed by atoms with van der Waals surface area (Å²) in [7, 11) is 0. The summed E-state index contributed by atoms with van der Waals surface area (Å²) in [5.41, 5.74) is 2.67. The number of carbonyl (C=O) groups is 2. The maximum absolute atomic E-state index is 12.9. The topological polar surface area (TPSA) is 43.4 Å². The van der Waals surface area contributed by atoms with E-state index in [1.165, 1.54) is 30.3 Å². The smallest absolute Gasteiger partial charge is 0.343 e. The summed E-state index contributed by atoms with van der Waals surface area (Å²) in [6, 6.07) is 19.3. The Morgan fingerprint density at radius 3 is 2.26 bits per heavy atom. The monoisotopic (exact) mass is 360 g/mol. The molecule has 3 rings (SSSR count). The van der Waals surface area contributed by atoms with Crippen LogP contribution >= 0.6 is 0 Å². The molecule has 0 saturated heterocycles. The number of benzene rings is 3. The molecule has 3 aromatic carbocycles. The maximum Gasteiger partial charge on any atom is 0.343 e. The van der Waals surface area contributed by atoms with Crippen molar-refractivity contribution in [3.63, 3.8) is 0 Å². The van der Waals surface area contributed by atoms with Crippen molar-refractivity contribution in [1.82, 2.24) is 0 Å². The van der Waals surface area contributed by atoms with Crippen molar-refractivity contribution in [3.8, 4) is 5.75 Å². The largest absolute Gasteiger partial charge is 0.423 e. The van der Waals surface area contributed by atoms with Gasteiger partial charge in [0, 0.05) is 5.56 Å². The molecule has 3 aromatic rings. The highest BCUT2D eigenvalue weighted by Crippen LogP contribution is 2.17. The van der Waals surface area contributed by atoms with E-state index < -0.39 is 11.8 Å². The van der Waals surface area contributed by atoms with Gasteiger partial charge in [-0.2, -0.15) is 0 Å². The molecule has 27 heavy (non-hydrogen) atoms. The van der Waals surface area contributed by atoms with E-state index in [-0.39, 0.29) is 11.3 Å². The van der Waals surface area contributed by atoms with Crippen LogP contribution in [0.5, 0.6) is 5.75 Å². The van der Waals surface area contributed by atoms with Crippen molar-refractivity contribution in [3.05, 3.63) is 107 Å². The molecule has 0 unspecified atom stereocenters. The lowest BCUT2D eigenvalue weighted by molar-refractivity contribution is 0.0734. The standard InChI is InChI=1S/C23H17FO3/c1-16-5-8-18(9-6-16)22(25)14-7-17-3-2-4-21(15-17)27-23(26)19-10-12-20(24)13-11-19/h2-15H,1H3/b14-7+. The number of halogens is 1. The Kier molecular flexibility index (Phi) is 5.57. The molecule has 0 radical (unpaired) electrons. The third-order valence-electron chi connectivity index (χ3n) is 3.91. The SMILES string of the molecule is Cc1ccc(C(=O)/C=C/c2cccc(OC(=O)c3ccc(F)cc3)c2)cc1. The number of allylic oxidation sites excluding steroid dienone is 1. The van der Waals surface area contributed by atoms with Gasteiger partial charge in [-0.05, 0) is 55.0 Å². The minimum atomic E-state index is -0.577. The molecule has 0 saturated carbocycles. The van der Waals surface area contributed by atoms with Crippen molar-refractivity contribution >= 4 is 17.8 Å². The highest BCUT2D eigenvalue weighted by Gasteiger charge is 2.09. The van der Waals surface area contributed by atoms with Gasteiger partial charge in [-0.1, -0.05) is 48.0 Å². The summed E-state index contributed by atoms with van der Waals surface area (Å²) in [4.78, 5) is 24.3. The first-order valence-corrected chi connectivity index (χ1v) is 8.38. The Morgan fingerprint density at radius 1 is 0.889 bits per heavy atom. The molecule has 0 heterocycles. The van der Waals surface area contributed by atoms with Gasteiger partial charge >= 0.3 is 5.97 Å². The summed E-state index contributed by atoms with van der Waals surface area (Å²) in [5.74, 6) is -0.762. The Morgan fingerprint density at radius 2 is 1.56 bits per heavy atom. The van der Waals surface area contributed by atoms with Crippen LogP contribution < -0.4 is 4.74 Å². The minimum Gasteiger partial charge on any atom is -0.423 e. The third kappa shape index (κ3) is 4.98. The van der Waals surface area contributed by atoms with Crippen molar-refractivity contribution in [1.29, 1.82) is 0 Å². The molecule has 0 aliphatic heterocycles. The molecule has 0 atom stereocenters. The van der Waals surface area contributed by atoms with Crippen LogP contribution in [0.15, 0.2) is 78.9 Å². The average Bonchev–Trinajstić information content (AvgIpc) is 2.67. The molecule has 0 aliphatic carbocycles. The minimum absolute atomic E-state index is 0.108. The van der Waals surface area contributed by atoms with Crippen LogP contribution in [0.2, 0.25) is 0 Å². The Hall–Kier alpha value is -3.53. The molecule has 0 aromatic heterocycles. The normalized spacial score (nSPS) is 10.7. The summed E-state index contributed by atoms with van der Waals surface area (Å²) in [6.07, 6.45) is 3.14. The molecular weight excluding hydrogens is 343 g/mol. The zero-order valence-corrected chi connectivity index (χ0v) is 14.7. The van der Waals surface area contributed by atoms with E-state index in [4.69, 9.17) is 4.74 Å². The van der Waals surface area contributed by atoms with Gasteiger partial charge in [0.25, 0.3) is 0 Å². The lowest BCUT2D eigenvalue weighted by atomic mass is 10.1. The van der Waals surface area contributed by atoms with E-state index in [9.17, 15) is 14.0 Å². The van der Waals surface area contributed by atoms with Gasteiger partial charge in [-0.3, -0.25) is 4.79 Å². The molecule has 134 valence electrons. The number of ether oxygens (including phenoxy) is 1. The van der Waals surface area contributed by atoms with Gasteiger partial charge in [0.05, 0.1) is 5.56 Å². The van der Waals surface area contributed by atoms with Crippen LogP contribution in [0, 0.1) is 12.7 Å². The summed E-state index contributed by atoms with van der Waals surface area (Å²) < 4.78 is 18.2. The molecule has 0 spiro atoms. The second-order valence-corrected chi connectivity index (χ2v) is 6.03. The van der Waals surface area contributed by atoms with Crippen LogP contribution in [-0.2, 0) is 0 Å². The quantitative estimate of drug-likeness (QED) is 0.270. The molecule has 0 aliphatic rings. The van der Waals surface area contributed by atoms with Crippen LogP contribution in [0.4, 0.5) is 4.39 Å². The first-order chi connectivity index (χ1) is 13.0. The number of hydrogen-bond donors (Lipinski definition) is 0. The van der Waals surface area contributed by atoms with Crippen molar-refractivity contribution < 1.29 is 18.7 Å². The molecule has 4 heteroatoms. The maximum atomic E-state index is 12.9. The summed E-state index contributed by atoms with van der Waals surface area (Å²) in [6.45, 7) is 1.96. The lowest BCUT2D eigenvalue weighted by Gasteiger charge is -2.05. The Bertz CT molecular complexity index is 987. The van der Waals surface area contributed by atoms with E-state index >= 15 is 0 Å². The van der Waals surface area contributed by atoms with E-state index in [2.05, 4.69) is 0 Å². The van der Waals surface area contributed by atoms with Crippen LogP contribution in [0.3, 0.4) is 0 Å². The Balaban J connectivity index is 1.69. The van der Waals surface area contributed by atoms with Gasteiger partial charge in [0.1, 0.15) is 11.6 Å². The second-order valence-electron chi connectivity index (χ2n) is 6.03. The third-order valence-corrected chi connectivity index (χ3v) is 3.91. The average molecular weight is 360 g/mol. The summed E-state index contributed by atoms with van der Waals surface area (Å²) in [5, 5.41) is 0. The number of ketones is 1. The Labute approximate surface area is 156 Å². The van der Waals surface area contributed by atoms with Crippen molar-refractivity contribution in [2.45, 2.75) is 6.92 Å². The fourth-order valence-electron chi connectivity index (χ4n) is 2.42. The molecule has 0 amide bonds. The number of aryl methyl sites for hydroxylation is 1. The van der Waals surface area contributed by atoms with Gasteiger partial charge in [0.15, 0.2) is 5.78 Å². The molecular formula is C23H17FO3.